The lowest BCUT2D eigenvalue weighted by Crippen LogP contribution is -2.48. The number of rotatable bonds is 7. The van der Waals surface area contributed by atoms with Gasteiger partial charge in [-0.2, -0.15) is 9.97 Å². The van der Waals surface area contributed by atoms with Crippen LogP contribution in [0.4, 0.5) is 11.8 Å². The Balaban J connectivity index is 1.56. The van der Waals surface area contributed by atoms with E-state index in [0.717, 1.165) is 55.2 Å². The van der Waals surface area contributed by atoms with Crippen LogP contribution >= 0.6 is 0 Å². The summed E-state index contributed by atoms with van der Waals surface area (Å²) in [5, 5.41) is 20.0. The van der Waals surface area contributed by atoms with E-state index < -0.39 is 0 Å². The summed E-state index contributed by atoms with van der Waals surface area (Å²) >= 11 is 0. The molecular formula is C26H34N6O4. The maximum Gasteiger partial charge on any atom is 0.229 e. The number of fused-ring (bicyclic) bond motifs is 1. The fourth-order valence-corrected chi connectivity index (χ4v) is 4.92. The molecule has 0 bridgehead atoms. The maximum atomic E-state index is 9.77. The molecule has 0 radical (unpaired) electrons. The van der Waals surface area contributed by atoms with E-state index in [2.05, 4.69) is 21.6 Å². The number of hydrogen-bond acceptors (Lipinski definition) is 10. The smallest absolute Gasteiger partial charge is 0.229 e. The highest BCUT2D eigenvalue weighted by Gasteiger charge is 2.26. The van der Waals surface area contributed by atoms with Crippen molar-refractivity contribution in [1.29, 1.82) is 0 Å². The molecule has 2 aliphatic heterocycles. The molecule has 5 rings (SSSR count). The molecule has 1 atom stereocenters. The first-order chi connectivity index (χ1) is 17.6. The lowest BCUT2D eigenvalue weighted by Gasteiger charge is -2.37. The van der Waals surface area contributed by atoms with Crippen molar-refractivity contribution in [2.45, 2.75) is 19.6 Å². The summed E-state index contributed by atoms with van der Waals surface area (Å²) in [5.74, 6) is 2.21. The predicted molar refractivity (Wildman–Crippen MR) is 139 cm³/mol. The van der Waals surface area contributed by atoms with Gasteiger partial charge in [-0.3, -0.25) is 4.90 Å². The van der Waals surface area contributed by atoms with Crippen LogP contribution in [0.5, 0.6) is 5.75 Å². The van der Waals surface area contributed by atoms with E-state index in [0.29, 0.717) is 42.7 Å². The van der Waals surface area contributed by atoms with Gasteiger partial charge >= 0.3 is 0 Å². The summed E-state index contributed by atoms with van der Waals surface area (Å²) in [7, 11) is 1.60. The third kappa shape index (κ3) is 4.94. The summed E-state index contributed by atoms with van der Waals surface area (Å²) in [6.45, 7) is 8.26. The first-order valence-corrected chi connectivity index (χ1v) is 12.5. The Labute approximate surface area is 211 Å². The molecule has 2 N–H and O–H groups in total. The van der Waals surface area contributed by atoms with Gasteiger partial charge in [0, 0.05) is 50.4 Å². The van der Waals surface area contributed by atoms with Crippen molar-refractivity contribution in [2.24, 2.45) is 0 Å². The van der Waals surface area contributed by atoms with E-state index in [-0.39, 0.29) is 19.3 Å². The average Bonchev–Trinajstić information content (AvgIpc) is 2.92. The second-order valence-corrected chi connectivity index (χ2v) is 9.27. The topological polar surface area (TPSA) is 107 Å². The Morgan fingerprint density at radius 3 is 2.58 bits per heavy atom. The van der Waals surface area contributed by atoms with E-state index in [1.807, 2.05) is 30.3 Å². The summed E-state index contributed by atoms with van der Waals surface area (Å²) in [5.41, 5.74) is 3.02. The molecule has 10 nitrogen and oxygen atoms in total. The number of piperazine rings is 1. The molecule has 0 spiro atoms. The Morgan fingerprint density at radius 1 is 1.03 bits per heavy atom. The molecule has 0 amide bonds. The maximum absolute atomic E-state index is 9.77. The van der Waals surface area contributed by atoms with Crippen LogP contribution in [0.2, 0.25) is 0 Å². The van der Waals surface area contributed by atoms with E-state index in [4.69, 9.17) is 24.4 Å². The first kappa shape index (κ1) is 24.6. The van der Waals surface area contributed by atoms with Gasteiger partial charge in [0.2, 0.25) is 5.95 Å². The highest BCUT2D eigenvalue weighted by Crippen LogP contribution is 2.32. The zero-order chi connectivity index (χ0) is 25.1. The zero-order valence-electron chi connectivity index (χ0n) is 20.9. The summed E-state index contributed by atoms with van der Waals surface area (Å²) < 4.78 is 11.0. The van der Waals surface area contributed by atoms with Crippen LogP contribution in [0.25, 0.3) is 22.3 Å². The predicted octanol–water partition coefficient (Wildman–Crippen LogP) is 1.53. The summed E-state index contributed by atoms with van der Waals surface area (Å²) in [6, 6.07) is 9.92. The van der Waals surface area contributed by atoms with Crippen LogP contribution in [0.1, 0.15) is 12.5 Å². The fraction of sp³-hybridized carbons (Fsp3) is 0.500. The van der Waals surface area contributed by atoms with Crippen LogP contribution in [0.3, 0.4) is 0 Å². The van der Waals surface area contributed by atoms with Crippen molar-refractivity contribution in [2.75, 3.05) is 76.0 Å². The van der Waals surface area contributed by atoms with Gasteiger partial charge in [-0.25, -0.2) is 4.98 Å². The molecule has 2 aromatic heterocycles. The number of ether oxygens (including phenoxy) is 2. The largest absolute Gasteiger partial charge is 0.496 e. The van der Waals surface area contributed by atoms with Crippen LogP contribution in [0, 0.1) is 0 Å². The molecule has 2 aliphatic rings. The Bertz CT molecular complexity index is 1200. The molecule has 0 saturated carbocycles. The van der Waals surface area contributed by atoms with Gasteiger partial charge in [-0.1, -0.05) is 0 Å². The number of aromatic nitrogens is 3. The minimum Gasteiger partial charge on any atom is -0.496 e. The lowest BCUT2D eigenvalue weighted by atomic mass is 10.1. The van der Waals surface area contributed by atoms with Crippen molar-refractivity contribution in [3.63, 3.8) is 0 Å². The number of pyridine rings is 1. The number of nitrogens with zero attached hydrogens (tertiary/aromatic N) is 6. The van der Waals surface area contributed by atoms with Crippen molar-refractivity contribution in [3.8, 4) is 17.0 Å². The third-order valence-corrected chi connectivity index (χ3v) is 6.99. The van der Waals surface area contributed by atoms with Crippen molar-refractivity contribution >= 4 is 22.8 Å². The quantitative estimate of drug-likeness (QED) is 0.502. The number of benzene rings is 1. The number of aliphatic hydroxyl groups is 2. The second kappa shape index (κ2) is 10.9. The number of anilines is 2. The van der Waals surface area contributed by atoms with E-state index in [9.17, 15) is 10.2 Å². The number of methoxy groups -OCH3 is 1. The molecule has 0 unspecified atom stereocenters. The number of morpholine rings is 1. The van der Waals surface area contributed by atoms with Crippen LogP contribution < -0.4 is 14.5 Å². The highest BCUT2D eigenvalue weighted by atomic mass is 16.5. The van der Waals surface area contributed by atoms with Gasteiger partial charge in [0.05, 0.1) is 50.7 Å². The molecule has 192 valence electrons. The molecule has 3 aromatic rings. The van der Waals surface area contributed by atoms with Gasteiger partial charge in [0.1, 0.15) is 11.6 Å². The number of aliphatic hydroxyl groups excluding tert-OH is 2. The van der Waals surface area contributed by atoms with Crippen LogP contribution in [-0.2, 0) is 11.3 Å². The highest BCUT2D eigenvalue weighted by molar-refractivity contribution is 5.90. The third-order valence-electron chi connectivity index (χ3n) is 6.99. The lowest BCUT2D eigenvalue weighted by molar-refractivity contribution is 0.0987. The minimum atomic E-state index is -0.113. The summed E-state index contributed by atoms with van der Waals surface area (Å²) in [4.78, 5) is 21.7. The van der Waals surface area contributed by atoms with E-state index >= 15 is 0 Å². The minimum absolute atomic E-state index is 0.113. The first-order valence-electron chi connectivity index (χ1n) is 12.5. The second-order valence-electron chi connectivity index (χ2n) is 9.27. The van der Waals surface area contributed by atoms with Gasteiger partial charge in [0.15, 0.2) is 5.65 Å². The molecule has 10 heteroatoms. The Hall–Kier alpha value is -3.05. The van der Waals surface area contributed by atoms with Crippen LogP contribution in [-0.4, -0.2) is 102 Å². The molecule has 36 heavy (non-hydrogen) atoms. The van der Waals surface area contributed by atoms with Gasteiger partial charge in [-0.15, -0.1) is 0 Å². The van der Waals surface area contributed by atoms with Gasteiger partial charge < -0.3 is 29.5 Å². The monoisotopic (exact) mass is 494 g/mol. The fourth-order valence-electron chi connectivity index (χ4n) is 4.92. The molecule has 2 fully saturated rings. The molecule has 2 saturated heterocycles. The van der Waals surface area contributed by atoms with Gasteiger partial charge in [-0.05, 0) is 37.3 Å². The molecular weight excluding hydrogens is 460 g/mol. The SMILES string of the molecule is COc1ccc(-c2ccc3c(N4CCOC[C@@H]4C)nc(N4CCN(CCO)CC4)nc3n2)cc1CO. The number of hydrogen-bond donors (Lipinski definition) is 2. The van der Waals surface area contributed by atoms with E-state index in [1.54, 1.807) is 7.11 Å². The standard InChI is InChI=1S/C26H34N6O4/c1-18-17-36-14-12-32(18)25-21-4-5-22(19-3-6-23(35-2)20(15-19)16-34)27-24(21)28-26(29-25)31-9-7-30(8-10-31)11-13-33/h3-6,15,18,33-34H,7-14,16-17H2,1-2H3/t18-/m0/s1. The average molecular weight is 495 g/mol. The molecule has 1 aromatic carbocycles. The Morgan fingerprint density at radius 2 is 1.86 bits per heavy atom. The van der Waals surface area contributed by atoms with Crippen LogP contribution in [0.15, 0.2) is 30.3 Å². The normalized spacial score (nSPS) is 19.2. The van der Waals surface area contributed by atoms with Crippen molar-refractivity contribution in [1.82, 2.24) is 19.9 Å². The van der Waals surface area contributed by atoms with Gasteiger partial charge in [0.25, 0.3) is 0 Å². The number of β-amino-alcohol motifs (C(OH)–C–C–N with tert-alkyl or cyclic N) is 1. The molecule has 4 heterocycles. The molecule has 0 aliphatic carbocycles. The van der Waals surface area contributed by atoms with Crippen molar-refractivity contribution in [3.05, 3.63) is 35.9 Å². The van der Waals surface area contributed by atoms with E-state index in [1.165, 1.54) is 0 Å². The Kier molecular flexibility index (Phi) is 7.47. The van der Waals surface area contributed by atoms with Crippen molar-refractivity contribution < 1.29 is 19.7 Å². The summed E-state index contributed by atoms with van der Waals surface area (Å²) in [6.07, 6.45) is 0. The zero-order valence-corrected chi connectivity index (χ0v) is 20.9.